The fourth-order valence-corrected chi connectivity index (χ4v) is 4.93. The number of hydrogen-bond acceptors (Lipinski definition) is 5. The predicted octanol–water partition coefficient (Wildman–Crippen LogP) is 2.94. The molecule has 152 valence electrons. The number of allylic oxidation sites excluding steroid dienone is 1. The SMILES string of the molecule is Cc1csc(C2=C=CCn3c(-c4cccc(C#N)c4)c4c(=O)n(C)c(=O)n(C)c4c32)n1. The zero-order valence-corrected chi connectivity index (χ0v) is 17.9. The highest BCUT2D eigenvalue weighted by Crippen LogP contribution is 2.39. The molecule has 1 aromatic carbocycles. The maximum Gasteiger partial charge on any atom is 0.331 e. The van der Waals surface area contributed by atoms with Gasteiger partial charge in [-0.1, -0.05) is 12.1 Å². The summed E-state index contributed by atoms with van der Waals surface area (Å²) in [6, 6.07) is 9.33. The molecule has 0 saturated carbocycles. The first-order chi connectivity index (χ1) is 14.9. The Morgan fingerprint density at radius 3 is 2.71 bits per heavy atom. The molecule has 8 heteroatoms. The number of thiazole rings is 1. The van der Waals surface area contributed by atoms with E-state index in [4.69, 9.17) is 0 Å². The maximum atomic E-state index is 13.3. The van der Waals surface area contributed by atoms with Crippen LogP contribution in [0.25, 0.3) is 27.7 Å². The van der Waals surface area contributed by atoms with Crippen molar-refractivity contribution in [2.24, 2.45) is 14.1 Å². The molecule has 4 heterocycles. The van der Waals surface area contributed by atoms with E-state index < -0.39 is 5.69 Å². The first-order valence-electron chi connectivity index (χ1n) is 9.63. The zero-order valence-electron chi connectivity index (χ0n) is 17.1. The van der Waals surface area contributed by atoms with Crippen molar-refractivity contribution in [3.05, 3.63) is 84.2 Å². The summed E-state index contributed by atoms with van der Waals surface area (Å²) < 4.78 is 4.65. The minimum Gasteiger partial charge on any atom is -0.333 e. The Morgan fingerprint density at radius 2 is 2.00 bits per heavy atom. The second kappa shape index (κ2) is 6.81. The van der Waals surface area contributed by atoms with Crippen LogP contribution in [-0.2, 0) is 20.6 Å². The van der Waals surface area contributed by atoms with Crippen LogP contribution in [0.15, 0.2) is 51.0 Å². The van der Waals surface area contributed by atoms with Crippen molar-refractivity contribution in [1.29, 1.82) is 5.26 Å². The molecule has 0 radical (unpaired) electrons. The molecule has 1 aliphatic rings. The van der Waals surface area contributed by atoms with Gasteiger partial charge in [0.05, 0.1) is 39.5 Å². The van der Waals surface area contributed by atoms with Crippen LogP contribution >= 0.6 is 11.3 Å². The standard InChI is InChI=1S/C23H17N5O2S/c1-13-12-31-21(25-13)16-8-5-9-28-18(15-7-4-6-14(10-15)11-24)17-20(19(16)28)26(2)23(30)27(3)22(17)29/h4-7,10,12H,9H2,1-3H3. The van der Waals surface area contributed by atoms with E-state index in [1.54, 1.807) is 25.2 Å². The molecular weight excluding hydrogens is 410 g/mol. The number of rotatable bonds is 2. The topological polar surface area (TPSA) is 85.6 Å². The van der Waals surface area contributed by atoms with Crippen LogP contribution in [0.2, 0.25) is 0 Å². The normalized spacial score (nSPS) is 12.6. The first-order valence-corrected chi connectivity index (χ1v) is 10.5. The number of benzene rings is 1. The van der Waals surface area contributed by atoms with Gasteiger partial charge in [0.15, 0.2) is 0 Å². The van der Waals surface area contributed by atoms with Crippen LogP contribution in [0.4, 0.5) is 0 Å². The summed E-state index contributed by atoms with van der Waals surface area (Å²) in [5, 5.41) is 12.6. The molecule has 0 unspecified atom stereocenters. The van der Waals surface area contributed by atoms with Gasteiger partial charge < -0.3 is 4.57 Å². The number of nitrogens with zero attached hydrogens (tertiary/aromatic N) is 5. The third-order valence-corrected chi connectivity index (χ3v) is 6.50. The average Bonchev–Trinajstić information content (AvgIpc) is 3.37. The van der Waals surface area contributed by atoms with Gasteiger partial charge in [0.25, 0.3) is 5.56 Å². The second-order valence-corrected chi connectivity index (χ2v) is 8.31. The van der Waals surface area contributed by atoms with E-state index in [9.17, 15) is 14.9 Å². The van der Waals surface area contributed by atoms with E-state index in [0.717, 1.165) is 32.1 Å². The Labute approximate surface area is 181 Å². The quantitative estimate of drug-likeness (QED) is 0.461. The van der Waals surface area contributed by atoms with Crippen LogP contribution in [0.1, 0.15) is 22.0 Å². The molecule has 0 fully saturated rings. The zero-order chi connectivity index (χ0) is 21.9. The molecule has 0 amide bonds. The third-order valence-electron chi connectivity index (χ3n) is 5.52. The van der Waals surface area contributed by atoms with E-state index in [0.29, 0.717) is 28.7 Å². The molecule has 4 aromatic rings. The van der Waals surface area contributed by atoms with Crippen LogP contribution < -0.4 is 11.2 Å². The number of hydrogen-bond donors (Lipinski definition) is 0. The van der Waals surface area contributed by atoms with Crippen molar-refractivity contribution in [3.63, 3.8) is 0 Å². The van der Waals surface area contributed by atoms with Crippen molar-refractivity contribution in [1.82, 2.24) is 18.7 Å². The van der Waals surface area contributed by atoms with Gasteiger partial charge in [-0.3, -0.25) is 13.9 Å². The Kier molecular flexibility index (Phi) is 4.19. The van der Waals surface area contributed by atoms with E-state index in [2.05, 4.69) is 16.8 Å². The van der Waals surface area contributed by atoms with Gasteiger partial charge >= 0.3 is 5.69 Å². The van der Waals surface area contributed by atoms with Gasteiger partial charge in [0.1, 0.15) is 5.01 Å². The van der Waals surface area contributed by atoms with E-state index in [-0.39, 0.29) is 5.56 Å². The highest BCUT2D eigenvalue weighted by molar-refractivity contribution is 7.10. The molecule has 0 bridgehead atoms. The molecule has 3 aromatic heterocycles. The van der Waals surface area contributed by atoms with Crippen molar-refractivity contribution < 1.29 is 0 Å². The molecule has 1 aliphatic heterocycles. The number of nitriles is 1. The van der Waals surface area contributed by atoms with Gasteiger partial charge in [-0.15, -0.1) is 17.1 Å². The fraction of sp³-hybridized carbons (Fsp3) is 0.174. The average molecular weight is 427 g/mol. The summed E-state index contributed by atoms with van der Waals surface area (Å²) in [6.45, 7) is 2.41. The highest BCUT2D eigenvalue weighted by atomic mass is 32.1. The lowest BCUT2D eigenvalue weighted by Gasteiger charge is -2.15. The second-order valence-electron chi connectivity index (χ2n) is 7.45. The number of fused-ring (bicyclic) bond motifs is 3. The lowest BCUT2D eigenvalue weighted by Crippen LogP contribution is -2.36. The highest BCUT2D eigenvalue weighted by Gasteiger charge is 2.29. The van der Waals surface area contributed by atoms with E-state index >= 15 is 0 Å². The smallest absolute Gasteiger partial charge is 0.331 e. The van der Waals surface area contributed by atoms with E-state index in [1.165, 1.54) is 23.0 Å². The molecule has 0 saturated heterocycles. The van der Waals surface area contributed by atoms with Crippen LogP contribution in [0, 0.1) is 18.3 Å². The summed E-state index contributed by atoms with van der Waals surface area (Å²) in [4.78, 5) is 30.8. The van der Waals surface area contributed by atoms with Crippen molar-refractivity contribution in [2.45, 2.75) is 13.5 Å². The van der Waals surface area contributed by atoms with Crippen LogP contribution in [-0.4, -0.2) is 18.7 Å². The Balaban J connectivity index is 2.00. The largest absolute Gasteiger partial charge is 0.333 e. The minimum absolute atomic E-state index is 0.368. The molecule has 0 N–H and O–H groups in total. The minimum atomic E-state index is -0.396. The monoisotopic (exact) mass is 427 g/mol. The Morgan fingerprint density at radius 1 is 1.19 bits per heavy atom. The summed E-state index contributed by atoms with van der Waals surface area (Å²) >= 11 is 1.50. The summed E-state index contributed by atoms with van der Waals surface area (Å²) in [7, 11) is 3.15. The summed E-state index contributed by atoms with van der Waals surface area (Å²) in [6.07, 6.45) is 1.90. The molecule has 7 nitrogen and oxygen atoms in total. The van der Waals surface area contributed by atoms with Gasteiger partial charge in [-0.2, -0.15) is 5.26 Å². The Bertz CT molecular complexity index is 1630. The summed E-state index contributed by atoms with van der Waals surface area (Å²) in [5.74, 6) is 0. The summed E-state index contributed by atoms with van der Waals surface area (Å²) in [5.41, 5.74) is 7.41. The number of aromatic nitrogens is 4. The van der Waals surface area contributed by atoms with Gasteiger partial charge in [0.2, 0.25) is 0 Å². The molecule has 0 atom stereocenters. The maximum absolute atomic E-state index is 13.3. The molecule has 31 heavy (non-hydrogen) atoms. The van der Waals surface area contributed by atoms with Gasteiger partial charge in [-0.05, 0) is 25.1 Å². The number of aryl methyl sites for hydroxylation is 2. The van der Waals surface area contributed by atoms with Crippen molar-refractivity contribution in [3.8, 4) is 17.3 Å². The molecule has 5 rings (SSSR count). The van der Waals surface area contributed by atoms with Crippen molar-refractivity contribution >= 4 is 27.8 Å². The van der Waals surface area contributed by atoms with E-state index in [1.807, 2.05) is 29.0 Å². The first kappa shape index (κ1) is 19.1. The predicted molar refractivity (Wildman–Crippen MR) is 120 cm³/mol. The van der Waals surface area contributed by atoms with Gasteiger partial charge in [0, 0.05) is 37.3 Å². The lowest BCUT2D eigenvalue weighted by molar-refractivity contribution is 0.713. The lowest BCUT2D eigenvalue weighted by atomic mass is 10.1. The third kappa shape index (κ3) is 2.68. The molecular formula is C23H17N5O2S. The fourth-order valence-electron chi connectivity index (χ4n) is 4.12. The van der Waals surface area contributed by atoms with Crippen LogP contribution in [0.3, 0.4) is 0 Å². The molecule has 0 aliphatic carbocycles. The Hall–Kier alpha value is -3.92. The molecule has 0 spiro atoms. The van der Waals surface area contributed by atoms with Crippen molar-refractivity contribution in [2.75, 3.05) is 0 Å². The van der Waals surface area contributed by atoms with Crippen LogP contribution in [0.5, 0.6) is 0 Å². The van der Waals surface area contributed by atoms with Gasteiger partial charge in [-0.25, -0.2) is 9.78 Å².